The highest BCUT2D eigenvalue weighted by Gasteiger charge is 2.37. The molecule has 0 amide bonds. The Morgan fingerprint density at radius 2 is 1.75 bits per heavy atom. The Kier molecular flexibility index (Phi) is 3.70. The summed E-state index contributed by atoms with van der Waals surface area (Å²) in [7, 11) is 0. The molecule has 1 nitrogen and oxygen atoms in total. The normalized spacial score (nSPS) is 19.3. The first-order chi connectivity index (χ1) is 7.73. The summed E-state index contributed by atoms with van der Waals surface area (Å²) in [5, 5.41) is 0. The molecule has 86 valence electrons. The van der Waals surface area contributed by atoms with Gasteiger partial charge in [-0.15, -0.1) is 11.8 Å². The molecule has 0 heterocycles. The summed E-state index contributed by atoms with van der Waals surface area (Å²) in [6, 6.07) is 10.3. The van der Waals surface area contributed by atoms with Gasteiger partial charge in [0.1, 0.15) is 5.78 Å². The molecular weight excluding hydrogens is 216 g/mol. The second kappa shape index (κ2) is 5.05. The summed E-state index contributed by atoms with van der Waals surface area (Å²) in [4.78, 5) is 13.1. The lowest BCUT2D eigenvalue weighted by molar-refractivity contribution is -0.120. The topological polar surface area (TPSA) is 17.1 Å². The first-order valence-corrected chi connectivity index (χ1v) is 6.80. The molecule has 0 spiro atoms. The van der Waals surface area contributed by atoms with Crippen LogP contribution in [0.1, 0.15) is 39.0 Å². The number of hydrogen-bond donors (Lipinski definition) is 0. The van der Waals surface area contributed by atoms with Crippen molar-refractivity contribution < 1.29 is 4.79 Å². The molecule has 0 radical (unpaired) electrons. The minimum Gasteiger partial charge on any atom is -0.298 e. The average Bonchev–Trinajstić information content (AvgIpc) is 2.31. The van der Waals surface area contributed by atoms with E-state index in [1.807, 2.05) is 18.2 Å². The molecule has 16 heavy (non-hydrogen) atoms. The standard InChI is InChI=1S/C14H18OS/c1-12(15)14(10-6-3-7-11-14)16-13-8-4-2-5-9-13/h2,4-5,8-9H,3,6-7,10-11H2,1H3. The molecular formula is C14H18OS. The van der Waals surface area contributed by atoms with Gasteiger partial charge in [-0.3, -0.25) is 4.79 Å². The molecule has 1 aromatic carbocycles. The lowest BCUT2D eigenvalue weighted by Gasteiger charge is -2.34. The van der Waals surface area contributed by atoms with E-state index < -0.39 is 0 Å². The van der Waals surface area contributed by atoms with E-state index in [4.69, 9.17) is 0 Å². The molecule has 1 aliphatic carbocycles. The number of benzene rings is 1. The van der Waals surface area contributed by atoms with Gasteiger partial charge in [0, 0.05) is 4.90 Å². The summed E-state index contributed by atoms with van der Waals surface area (Å²) < 4.78 is -0.139. The monoisotopic (exact) mass is 234 g/mol. The van der Waals surface area contributed by atoms with Crippen molar-refractivity contribution in [3.05, 3.63) is 30.3 Å². The van der Waals surface area contributed by atoms with Gasteiger partial charge in [0.2, 0.25) is 0 Å². The number of hydrogen-bond acceptors (Lipinski definition) is 2. The Morgan fingerprint density at radius 3 is 2.31 bits per heavy atom. The number of ketones is 1. The summed E-state index contributed by atoms with van der Waals surface area (Å²) in [5.41, 5.74) is 0. The van der Waals surface area contributed by atoms with Crippen LogP contribution in [0, 0.1) is 0 Å². The van der Waals surface area contributed by atoms with Crippen LogP contribution in [-0.2, 0) is 4.79 Å². The molecule has 0 saturated heterocycles. The van der Waals surface area contributed by atoms with Gasteiger partial charge in [-0.1, -0.05) is 37.5 Å². The van der Waals surface area contributed by atoms with E-state index in [-0.39, 0.29) is 4.75 Å². The molecule has 0 aromatic heterocycles. The first-order valence-electron chi connectivity index (χ1n) is 5.98. The maximum Gasteiger partial charge on any atom is 0.146 e. The second-order valence-corrected chi connectivity index (χ2v) is 5.98. The minimum absolute atomic E-state index is 0.139. The van der Waals surface area contributed by atoms with Crippen molar-refractivity contribution in [2.75, 3.05) is 0 Å². The van der Waals surface area contributed by atoms with Gasteiger partial charge in [0.15, 0.2) is 0 Å². The fourth-order valence-electron chi connectivity index (χ4n) is 2.36. The lowest BCUT2D eigenvalue weighted by Crippen LogP contribution is -2.35. The SMILES string of the molecule is CC(=O)C1(Sc2ccccc2)CCCCC1. The highest BCUT2D eigenvalue weighted by Crippen LogP contribution is 2.44. The van der Waals surface area contributed by atoms with Gasteiger partial charge in [0.25, 0.3) is 0 Å². The van der Waals surface area contributed by atoms with E-state index in [2.05, 4.69) is 12.1 Å². The quantitative estimate of drug-likeness (QED) is 0.784. The van der Waals surface area contributed by atoms with Crippen LogP contribution in [0.5, 0.6) is 0 Å². The van der Waals surface area contributed by atoms with E-state index in [1.165, 1.54) is 24.2 Å². The third-order valence-corrected chi connectivity index (χ3v) is 4.95. The number of rotatable bonds is 3. The Hall–Kier alpha value is -0.760. The Bertz CT molecular complexity index is 352. The van der Waals surface area contributed by atoms with Crippen LogP contribution in [-0.4, -0.2) is 10.5 Å². The van der Waals surface area contributed by atoms with Crippen molar-refractivity contribution in [1.29, 1.82) is 0 Å². The van der Waals surface area contributed by atoms with Crippen LogP contribution in [0.4, 0.5) is 0 Å². The largest absolute Gasteiger partial charge is 0.298 e. The fourth-order valence-corrected chi connectivity index (χ4v) is 3.74. The number of thioether (sulfide) groups is 1. The fraction of sp³-hybridized carbons (Fsp3) is 0.500. The zero-order valence-electron chi connectivity index (χ0n) is 9.74. The second-order valence-electron chi connectivity index (χ2n) is 4.53. The van der Waals surface area contributed by atoms with Crippen molar-refractivity contribution in [3.63, 3.8) is 0 Å². The average molecular weight is 234 g/mol. The third kappa shape index (κ3) is 2.49. The van der Waals surface area contributed by atoms with Crippen LogP contribution in [0.2, 0.25) is 0 Å². The van der Waals surface area contributed by atoms with E-state index >= 15 is 0 Å². The van der Waals surface area contributed by atoms with Crippen LogP contribution in [0.15, 0.2) is 35.2 Å². The Labute approximate surface area is 102 Å². The molecule has 0 atom stereocenters. The maximum absolute atomic E-state index is 11.9. The molecule has 1 fully saturated rings. The molecule has 0 bridgehead atoms. The summed E-state index contributed by atoms with van der Waals surface area (Å²) in [5.74, 6) is 0.348. The van der Waals surface area contributed by atoms with E-state index in [0.29, 0.717) is 5.78 Å². The first kappa shape index (κ1) is 11.7. The van der Waals surface area contributed by atoms with E-state index in [1.54, 1.807) is 18.7 Å². The van der Waals surface area contributed by atoms with Gasteiger partial charge in [-0.25, -0.2) is 0 Å². The van der Waals surface area contributed by atoms with Crippen molar-refractivity contribution in [1.82, 2.24) is 0 Å². The third-order valence-electron chi connectivity index (χ3n) is 3.36. The van der Waals surface area contributed by atoms with Crippen LogP contribution < -0.4 is 0 Å². The van der Waals surface area contributed by atoms with Gasteiger partial charge in [-0.05, 0) is 31.9 Å². The highest BCUT2D eigenvalue weighted by atomic mass is 32.2. The molecule has 2 heteroatoms. The predicted octanol–water partition coefficient (Wildman–Crippen LogP) is 4.07. The number of carbonyl (C=O) groups excluding carboxylic acids is 1. The molecule has 0 aliphatic heterocycles. The van der Waals surface area contributed by atoms with Crippen LogP contribution in [0.3, 0.4) is 0 Å². The van der Waals surface area contributed by atoms with E-state index in [9.17, 15) is 4.79 Å². The smallest absolute Gasteiger partial charge is 0.146 e. The summed E-state index contributed by atoms with van der Waals surface area (Å²) >= 11 is 1.77. The van der Waals surface area contributed by atoms with Gasteiger partial charge in [-0.2, -0.15) is 0 Å². The Morgan fingerprint density at radius 1 is 1.12 bits per heavy atom. The molecule has 0 N–H and O–H groups in total. The van der Waals surface area contributed by atoms with Crippen LogP contribution >= 0.6 is 11.8 Å². The highest BCUT2D eigenvalue weighted by molar-refractivity contribution is 8.01. The molecule has 1 aliphatic rings. The molecule has 2 rings (SSSR count). The van der Waals surface area contributed by atoms with Crippen molar-refractivity contribution in [2.24, 2.45) is 0 Å². The van der Waals surface area contributed by atoms with Crippen LogP contribution in [0.25, 0.3) is 0 Å². The minimum atomic E-state index is -0.139. The zero-order valence-corrected chi connectivity index (χ0v) is 10.6. The van der Waals surface area contributed by atoms with Gasteiger partial charge < -0.3 is 0 Å². The molecule has 1 aromatic rings. The van der Waals surface area contributed by atoms with Crippen molar-refractivity contribution >= 4 is 17.5 Å². The van der Waals surface area contributed by atoms with E-state index in [0.717, 1.165) is 12.8 Å². The van der Waals surface area contributed by atoms with Crippen molar-refractivity contribution in [3.8, 4) is 0 Å². The lowest BCUT2D eigenvalue weighted by atomic mass is 9.86. The van der Waals surface area contributed by atoms with Crippen molar-refractivity contribution in [2.45, 2.75) is 48.7 Å². The summed E-state index contributed by atoms with van der Waals surface area (Å²) in [6.07, 6.45) is 5.76. The summed E-state index contributed by atoms with van der Waals surface area (Å²) in [6.45, 7) is 1.75. The molecule has 0 unspecified atom stereocenters. The number of carbonyl (C=O) groups is 1. The zero-order chi connectivity index (χ0) is 11.4. The van der Waals surface area contributed by atoms with Gasteiger partial charge in [0.05, 0.1) is 4.75 Å². The molecule has 1 saturated carbocycles. The maximum atomic E-state index is 11.9. The predicted molar refractivity (Wildman–Crippen MR) is 68.8 cm³/mol. The van der Waals surface area contributed by atoms with Gasteiger partial charge >= 0.3 is 0 Å². The number of Topliss-reactive ketones (excluding diaryl/α,β-unsaturated/α-hetero) is 1. The Balaban J connectivity index is 2.17.